The van der Waals surface area contributed by atoms with Gasteiger partial charge in [0.25, 0.3) is 5.91 Å². The number of ether oxygens (including phenoxy) is 2. The van der Waals surface area contributed by atoms with Crippen LogP contribution in [-0.2, 0) is 20.7 Å². The van der Waals surface area contributed by atoms with Crippen molar-refractivity contribution in [1.82, 2.24) is 10.2 Å². The van der Waals surface area contributed by atoms with Crippen molar-refractivity contribution in [3.8, 4) is 0 Å². The Kier molecular flexibility index (Phi) is 3.53. The fourth-order valence-corrected chi connectivity index (χ4v) is 1.45. The summed E-state index contributed by atoms with van der Waals surface area (Å²) < 4.78 is 10.4. The Morgan fingerprint density at radius 1 is 1.69 bits per heavy atom. The fourth-order valence-electron chi connectivity index (χ4n) is 1.45. The maximum Gasteiger partial charge on any atom is 0.257 e. The number of H-pyrrole nitrogens is 1. The van der Waals surface area contributed by atoms with E-state index < -0.39 is 6.10 Å². The Labute approximate surface area is 93.3 Å². The first-order valence-electron chi connectivity index (χ1n) is 5.34. The molecule has 1 atom stereocenters. The van der Waals surface area contributed by atoms with Crippen LogP contribution in [0, 0.1) is 0 Å². The molecule has 1 aliphatic heterocycles. The quantitative estimate of drug-likeness (QED) is 0.777. The molecular formula is C10H15N3O3. The molecule has 2 N–H and O–H groups in total. The zero-order chi connectivity index (χ0) is 11.4. The Bertz CT molecular complexity index is 358. The van der Waals surface area contributed by atoms with E-state index in [0.29, 0.717) is 25.6 Å². The van der Waals surface area contributed by atoms with Crippen LogP contribution in [0.15, 0.2) is 6.07 Å². The largest absolute Gasteiger partial charge is 0.376 e. The number of nitrogens with zero attached hydrogens (tertiary/aromatic N) is 1. The number of aryl methyl sites for hydroxylation is 1. The number of anilines is 1. The van der Waals surface area contributed by atoms with E-state index in [9.17, 15) is 4.79 Å². The van der Waals surface area contributed by atoms with Gasteiger partial charge in [0, 0.05) is 11.8 Å². The van der Waals surface area contributed by atoms with E-state index in [0.717, 1.165) is 12.1 Å². The Morgan fingerprint density at radius 3 is 3.19 bits per heavy atom. The van der Waals surface area contributed by atoms with Gasteiger partial charge in [0.2, 0.25) is 0 Å². The van der Waals surface area contributed by atoms with E-state index in [2.05, 4.69) is 15.5 Å². The number of amides is 1. The van der Waals surface area contributed by atoms with Crippen LogP contribution in [0.4, 0.5) is 5.82 Å². The molecule has 16 heavy (non-hydrogen) atoms. The minimum absolute atomic E-state index is 0.214. The molecule has 1 aliphatic rings. The van der Waals surface area contributed by atoms with Crippen molar-refractivity contribution in [3.05, 3.63) is 11.8 Å². The van der Waals surface area contributed by atoms with Crippen LogP contribution in [-0.4, -0.2) is 42.0 Å². The minimum atomic E-state index is -0.532. The highest BCUT2D eigenvalue weighted by Crippen LogP contribution is 2.08. The Morgan fingerprint density at radius 2 is 2.56 bits per heavy atom. The zero-order valence-corrected chi connectivity index (χ0v) is 9.16. The van der Waals surface area contributed by atoms with Gasteiger partial charge in [-0.25, -0.2) is 0 Å². The third kappa shape index (κ3) is 2.59. The molecule has 1 fully saturated rings. The molecule has 6 nitrogen and oxygen atoms in total. The molecular weight excluding hydrogens is 210 g/mol. The summed E-state index contributed by atoms with van der Waals surface area (Å²) in [5.74, 6) is 0.310. The van der Waals surface area contributed by atoms with Crippen molar-refractivity contribution in [3.63, 3.8) is 0 Å². The van der Waals surface area contributed by atoms with E-state index in [1.165, 1.54) is 0 Å². The van der Waals surface area contributed by atoms with Crippen LogP contribution >= 0.6 is 0 Å². The van der Waals surface area contributed by atoms with Gasteiger partial charge in [0.05, 0.1) is 19.8 Å². The number of hydrogen-bond acceptors (Lipinski definition) is 4. The highest BCUT2D eigenvalue weighted by molar-refractivity contribution is 5.93. The second-order valence-corrected chi connectivity index (χ2v) is 3.56. The molecule has 0 spiro atoms. The molecule has 2 heterocycles. The number of aromatic nitrogens is 2. The minimum Gasteiger partial charge on any atom is -0.376 e. The lowest BCUT2D eigenvalue weighted by atomic mass is 10.3. The summed E-state index contributed by atoms with van der Waals surface area (Å²) in [4.78, 5) is 11.7. The molecule has 1 aromatic rings. The van der Waals surface area contributed by atoms with Gasteiger partial charge in [-0.2, -0.15) is 5.10 Å². The number of hydrogen-bond donors (Lipinski definition) is 2. The monoisotopic (exact) mass is 225 g/mol. The molecule has 6 heteroatoms. The third-order valence-electron chi connectivity index (χ3n) is 2.37. The summed E-state index contributed by atoms with van der Waals surface area (Å²) >= 11 is 0. The average molecular weight is 225 g/mol. The van der Waals surface area contributed by atoms with Gasteiger partial charge in [-0.1, -0.05) is 6.92 Å². The van der Waals surface area contributed by atoms with Gasteiger partial charge in [0.1, 0.15) is 0 Å². The third-order valence-corrected chi connectivity index (χ3v) is 2.37. The summed E-state index contributed by atoms with van der Waals surface area (Å²) in [5.41, 5.74) is 0.983. The van der Waals surface area contributed by atoms with Crippen LogP contribution in [0.1, 0.15) is 12.6 Å². The highest BCUT2D eigenvalue weighted by Gasteiger charge is 2.23. The van der Waals surface area contributed by atoms with Crippen molar-refractivity contribution >= 4 is 11.7 Å². The predicted octanol–water partition coefficient (Wildman–Crippen LogP) is 0.326. The zero-order valence-electron chi connectivity index (χ0n) is 9.16. The standard InChI is InChI=1S/C10H15N3O3/c1-2-7-5-9(13-12-7)11-10(14)8-6-15-3-4-16-8/h5,8H,2-4,6H2,1H3,(H2,11,12,13,14). The maximum atomic E-state index is 11.7. The van der Waals surface area contributed by atoms with Gasteiger partial charge < -0.3 is 14.8 Å². The summed E-state index contributed by atoms with van der Waals surface area (Å²) in [6, 6.07) is 1.81. The molecule has 0 bridgehead atoms. The van der Waals surface area contributed by atoms with Crippen LogP contribution < -0.4 is 5.32 Å². The van der Waals surface area contributed by atoms with Crippen LogP contribution in [0.5, 0.6) is 0 Å². The van der Waals surface area contributed by atoms with E-state index in [-0.39, 0.29) is 5.91 Å². The molecule has 1 saturated heterocycles. The van der Waals surface area contributed by atoms with Gasteiger partial charge >= 0.3 is 0 Å². The van der Waals surface area contributed by atoms with Crippen molar-refractivity contribution < 1.29 is 14.3 Å². The summed E-state index contributed by atoms with van der Waals surface area (Å²) in [5, 5.41) is 9.48. The summed E-state index contributed by atoms with van der Waals surface area (Å²) in [6.07, 6.45) is 0.321. The van der Waals surface area contributed by atoms with Gasteiger partial charge in [-0.3, -0.25) is 9.89 Å². The molecule has 2 rings (SSSR count). The number of aromatic amines is 1. The lowest BCUT2D eigenvalue weighted by Crippen LogP contribution is -2.39. The molecule has 0 aromatic carbocycles. The Balaban J connectivity index is 1.90. The summed E-state index contributed by atoms with van der Waals surface area (Å²) in [7, 11) is 0. The van der Waals surface area contributed by atoms with Gasteiger partial charge in [0.15, 0.2) is 11.9 Å². The second kappa shape index (κ2) is 5.09. The van der Waals surface area contributed by atoms with E-state index in [1.807, 2.05) is 13.0 Å². The SMILES string of the molecule is CCc1cc(NC(=O)C2COCCO2)n[nH]1. The average Bonchev–Trinajstić information content (AvgIpc) is 2.78. The normalized spacial score (nSPS) is 20.7. The predicted molar refractivity (Wildman–Crippen MR) is 57.2 cm³/mol. The van der Waals surface area contributed by atoms with Crippen molar-refractivity contribution in [2.45, 2.75) is 19.4 Å². The molecule has 88 valence electrons. The molecule has 0 saturated carbocycles. The smallest absolute Gasteiger partial charge is 0.257 e. The first-order valence-corrected chi connectivity index (χ1v) is 5.34. The van der Waals surface area contributed by atoms with Crippen LogP contribution in [0.25, 0.3) is 0 Å². The van der Waals surface area contributed by atoms with Gasteiger partial charge in [-0.15, -0.1) is 0 Å². The molecule has 0 radical (unpaired) electrons. The molecule has 1 unspecified atom stereocenters. The summed E-state index contributed by atoms with van der Waals surface area (Å²) in [6.45, 7) is 3.32. The topological polar surface area (TPSA) is 76.2 Å². The molecule has 1 aromatic heterocycles. The first-order chi connectivity index (χ1) is 7.79. The van der Waals surface area contributed by atoms with Crippen LogP contribution in [0.2, 0.25) is 0 Å². The number of rotatable bonds is 3. The first kappa shape index (κ1) is 11.1. The number of carbonyl (C=O) groups is 1. The highest BCUT2D eigenvalue weighted by atomic mass is 16.6. The van der Waals surface area contributed by atoms with Crippen molar-refractivity contribution in [2.75, 3.05) is 25.1 Å². The second-order valence-electron chi connectivity index (χ2n) is 3.56. The maximum absolute atomic E-state index is 11.7. The van der Waals surface area contributed by atoms with E-state index in [1.54, 1.807) is 0 Å². The van der Waals surface area contributed by atoms with Crippen molar-refractivity contribution in [1.29, 1.82) is 0 Å². The Hall–Kier alpha value is -1.40. The van der Waals surface area contributed by atoms with Crippen LogP contribution in [0.3, 0.4) is 0 Å². The van der Waals surface area contributed by atoms with Crippen molar-refractivity contribution in [2.24, 2.45) is 0 Å². The molecule has 1 amide bonds. The number of nitrogens with one attached hydrogen (secondary N) is 2. The number of carbonyl (C=O) groups excluding carboxylic acids is 1. The fraction of sp³-hybridized carbons (Fsp3) is 0.600. The van der Waals surface area contributed by atoms with E-state index in [4.69, 9.17) is 9.47 Å². The lowest BCUT2D eigenvalue weighted by molar-refractivity contribution is -0.142. The van der Waals surface area contributed by atoms with Gasteiger partial charge in [-0.05, 0) is 6.42 Å². The lowest BCUT2D eigenvalue weighted by Gasteiger charge is -2.21. The molecule has 0 aliphatic carbocycles. The van der Waals surface area contributed by atoms with E-state index >= 15 is 0 Å².